The molecule has 3 unspecified atom stereocenters. The Hall–Kier alpha value is -0.550. The smallest absolute Gasteiger partial charge is 0.309 e. The first kappa shape index (κ1) is 15.8. The molecule has 0 saturated heterocycles. The van der Waals surface area contributed by atoms with Crippen LogP contribution in [0.4, 0.5) is 13.2 Å². The number of alkyl halides is 3. The maximum atomic E-state index is 13.0. The van der Waals surface area contributed by atoms with Crippen molar-refractivity contribution < 1.29 is 13.2 Å². The van der Waals surface area contributed by atoms with E-state index in [4.69, 9.17) is 0 Å². The van der Waals surface area contributed by atoms with Crippen molar-refractivity contribution in [1.82, 2.24) is 5.32 Å². The number of thiophene rings is 1. The number of hydrogen-bond donors (Lipinski definition) is 1. The van der Waals surface area contributed by atoms with Crippen LogP contribution in [0.25, 0.3) is 0 Å². The molecule has 20 heavy (non-hydrogen) atoms. The molecule has 1 aliphatic rings. The Morgan fingerprint density at radius 3 is 2.65 bits per heavy atom. The minimum Gasteiger partial charge on any atom is -0.309 e. The highest BCUT2D eigenvalue weighted by Gasteiger charge is 2.43. The molecule has 0 aromatic carbocycles. The maximum Gasteiger partial charge on any atom is 0.391 e. The van der Waals surface area contributed by atoms with Gasteiger partial charge in [-0.05, 0) is 50.8 Å². The molecule has 0 amide bonds. The van der Waals surface area contributed by atoms with Crippen molar-refractivity contribution >= 4 is 11.3 Å². The summed E-state index contributed by atoms with van der Waals surface area (Å²) in [4.78, 5) is 2.39. The summed E-state index contributed by atoms with van der Waals surface area (Å²) in [6.07, 6.45) is -1.91. The fourth-order valence-corrected chi connectivity index (χ4v) is 4.21. The van der Waals surface area contributed by atoms with Crippen LogP contribution in [0, 0.1) is 18.8 Å². The molecule has 3 atom stereocenters. The van der Waals surface area contributed by atoms with Gasteiger partial charge in [0.15, 0.2) is 0 Å². The number of rotatable bonds is 4. The predicted molar refractivity (Wildman–Crippen MR) is 77.0 cm³/mol. The molecule has 1 aliphatic carbocycles. The molecule has 1 aromatic heterocycles. The molecular weight excluding hydrogens is 283 g/mol. The Labute approximate surface area is 122 Å². The second-order valence-electron chi connectivity index (χ2n) is 5.65. The van der Waals surface area contributed by atoms with Crippen LogP contribution in [-0.2, 0) is 0 Å². The number of halogens is 3. The van der Waals surface area contributed by atoms with Gasteiger partial charge in [0.2, 0.25) is 0 Å². The van der Waals surface area contributed by atoms with Gasteiger partial charge in [-0.15, -0.1) is 11.3 Å². The second kappa shape index (κ2) is 6.48. The first-order valence-corrected chi connectivity index (χ1v) is 8.10. The highest BCUT2D eigenvalue weighted by Crippen LogP contribution is 2.44. The van der Waals surface area contributed by atoms with E-state index in [-0.39, 0.29) is 18.4 Å². The highest BCUT2D eigenvalue weighted by molar-refractivity contribution is 7.12. The van der Waals surface area contributed by atoms with Crippen molar-refractivity contribution in [3.63, 3.8) is 0 Å². The van der Waals surface area contributed by atoms with Gasteiger partial charge in [-0.1, -0.05) is 13.3 Å². The van der Waals surface area contributed by atoms with Crippen LogP contribution in [0.1, 0.15) is 48.4 Å². The lowest BCUT2D eigenvalue weighted by atomic mass is 9.77. The zero-order valence-electron chi connectivity index (χ0n) is 12.0. The molecule has 1 aromatic rings. The summed E-state index contributed by atoms with van der Waals surface area (Å²) in [5, 5.41) is 3.40. The van der Waals surface area contributed by atoms with Crippen molar-refractivity contribution in [2.45, 2.75) is 51.7 Å². The topological polar surface area (TPSA) is 12.0 Å². The molecular formula is C15H22F3NS. The number of nitrogens with one attached hydrogen (secondary N) is 1. The zero-order chi connectivity index (χ0) is 14.8. The molecule has 0 spiro atoms. The third-order valence-corrected chi connectivity index (χ3v) is 5.22. The van der Waals surface area contributed by atoms with E-state index in [1.807, 2.05) is 13.8 Å². The molecule has 1 saturated carbocycles. The monoisotopic (exact) mass is 305 g/mol. The summed E-state index contributed by atoms with van der Waals surface area (Å²) in [5.41, 5.74) is 0. The van der Waals surface area contributed by atoms with Crippen molar-refractivity contribution in [2.75, 3.05) is 6.54 Å². The van der Waals surface area contributed by atoms with Crippen LogP contribution in [0.15, 0.2) is 12.1 Å². The lowest BCUT2D eigenvalue weighted by molar-refractivity contribution is -0.186. The molecule has 0 radical (unpaired) electrons. The standard InChI is InChI=1S/C15H22F3NS/c1-3-19-14(13-8-7-10(2)20-13)11-5-4-6-12(9-11)15(16,17)18/h7-8,11-12,14,19H,3-6,9H2,1-2H3. The Kier molecular flexibility index (Phi) is 5.13. The quantitative estimate of drug-likeness (QED) is 0.818. The Bertz CT molecular complexity index is 427. The fourth-order valence-electron chi connectivity index (χ4n) is 3.17. The van der Waals surface area contributed by atoms with Crippen molar-refractivity contribution in [3.8, 4) is 0 Å². The summed E-state index contributed by atoms with van der Waals surface area (Å²) in [6.45, 7) is 4.84. The summed E-state index contributed by atoms with van der Waals surface area (Å²) < 4.78 is 38.9. The number of aryl methyl sites for hydroxylation is 1. The molecule has 2 rings (SSSR count). The minimum absolute atomic E-state index is 0.0730. The van der Waals surface area contributed by atoms with Gasteiger partial charge in [0.1, 0.15) is 0 Å². The van der Waals surface area contributed by atoms with Crippen LogP contribution >= 0.6 is 11.3 Å². The van der Waals surface area contributed by atoms with Gasteiger partial charge in [-0.3, -0.25) is 0 Å². The first-order valence-electron chi connectivity index (χ1n) is 7.28. The largest absolute Gasteiger partial charge is 0.391 e. The van der Waals surface area contributed by atoms with Crippen molar-refractivity contribution in [2.24, 2.45) is 11.8 Å². The second-order valence-corrected chi connectivity index (χ2v) is 6.97. The fraction of sp³-hybridized carbons (Fsp3) is 0.733. The zero-order valence-corrected chi connectivity index (χ0v) is 12.8. The maximum absolute atomic E-state index is 13.0. The van der Waals surface area contributed by atoms with Crippen LogP contribution in [0.2, 0.25) is 0 Å². The SMILES string of the molecule is CCNC(c1ccc(C)s1)C1CCCC(C(F)(F)F)C1. The van der Waals surface area contributed by atoms with Crippen molar-refractivity contribution in [3.05, 3.63) is 21.9 Å². The first-order chi connectivity index (χ1) is 9.41. The van der Waals surface area contributed by atoms with E-state index in [0.717, 1.165) is 13.0 Å². The minimum atomic E-state index is -4.04. The van der Waals surface area contributed by atoms with E-state index in [9.17, 15) is 13.2 Å². The molecule has 0 bridgehead atoms. The summed E-state index contributed by atoms with van der Waals surface area (Å²) in [7, 11) is 0. The van der Waals surface area contributed by atoms with Crippen molar-refractivity contribution in [1.29, 1.82) is 0 Å². The molecule has 5 heteroatoms. The van der Waals surface area contributed by atoms with E-state index in [1.54, 1.807) is 11.3 Å². The summed E-state index contributed by atoms with van der Waals surface area (Å²) in [5.74, 6) is -1.03. The van der Waals surface area contributed by atoms with Gasteiger partial charge in [-0.25, -0.2) is 0 Å². The van der Waals surface area contributed by atoms with Crippen LogP contribution in [-0.4, -0.2) is 12.7 Å². The third kappa shape index (κ3) is 3.76. The Balaban J connectivity index is 2.13. The highest BCUT2D eigenvalue weighted by atomic mass is 32.1. The molecule has 1 nitrogen and oxygen atoms in total. The predicted octanol–water partition coefficient (Wildman–Crippen LogP) is 5.08. The summed E-state index contributed by atoms with van der Waals surface area (Å²) in [6, 6.07) is 4.18. The van der Waals surface area contributed by atoms with Gasteiger partial charge in [-0.2, -0.15) is 13.2 Å². The van der Waals surface area contributed by atoms with Crippen LogP contribution < -0.4 is 5.32 Å². The van der Waals surface area contributed by atoms with E-state index >= 15 is 0 Å². The molecule has 1 fully saturated rings. The molecule has 114 valence electrons. The van der Waals surface area contributed by atoms with Crippen LogP contribution in [0.5, 0.6) is 0 Å². The van der Waals surface area contributed by atoms with Gasteiger partial charge in [0.25, 0.3) is 0 Å². The average Bonchev–Trinajstić information content (AvgIpc) is 2.81. The lowest BCUT2D eigenvalue weighted by Crippen LogP contribution is -2.35. The normalized spacial score (nSPS) is 25.6. The van der Waals surface area contributed by atoms with Crippen LogP contribution in [0.3, 0.4) is 0 Å². The number of hydrogen-bond acceptors (Lipinski definition) is 2. The average molecular weight is 305 g/mol. The molecule has 0 aliphatic heterocycles. The van der Waals surface area contributed by atoms with Gasteiger partial charge in [0, 0.05) is 15.8 Å². The molecule has 1 N–H and O–H groups in total. The van der Waals surface area contributed by atoms with E-state index in [1.165, 1.54) is 9.75 Å². The van der Waals surface area contributed by atoms with E-state index in [0.29, 0.717) is 12.8 Å². The van der Waals surface area contributed by atoms with Gasteiger partial charge in [0.05, 0.1) is 5.92 Å². The van der Waals surface area contributed by atoms with Gasteiger partial charge >= 0.3 is 6.18 Å². The Morgan fingerprint density at radius 2 is 2.10 bits per heavy atom. The third-order valence-electron chi connectivity index (χ3n) is 4.14. The summed E-state index contributed by atoms with van der Waals surface area (Å²) >= 11 is 1.69. The van der Waals surface area contributed by atoms with E-state index < -0.39 is 12.1 Å². The Morgan fingerprint density at radius 1 is 1.35 bits per heavy atom. The molecule has 1 heterocycles. The van der Waals surface area contributed by atoms with Gasteiger partial charge < -0.3 is 5.32 Å². The van der Waals surface area contributed by atoms with E-state index in [2.05, 4.69) is 17.4 Å². The lowest BCUT2D eigenvalue weighted by Gasteiger charge is -2.35.